The highest BCUT2D eigenvalue weighted by Crippen LogP contribution is 2.26. The Morgan fingerprint density at radius 3 is 2.58 bits per heavy atom. The van der Waals surface area contributed by atoms with Gasteiger partial charge in [0.25, 0.3) is 11.5 Å². The number of halogens is 2. The zero-order chi connectivity index (χ0) is 25.2. The number of amides is 1. The first kappa shape index (κ1) is 24.6. The van der Waals surface area contributed by atoms with Crippen LogP contribution < -0.4 is 15.9 Å². The van der Waals surface area contributed by atoms with Crippen molar-refractivity contribution >= 4 is 34.2 Å². The van der Waals surface area contributed by atoms with Gasteiger partial charge in [-0.25, -0.2) is 14.4 Å². The molecule has 0 bridgehead atoms. The molecular formula is C25H29ClFN7O2. The van der Waals surface area contributed by atoms with Gasteiger partial charge >= 0.3 is 0 Å². The van der Waals surface area contributed by atoms with Crippen molar-refractivity contribution in [3.8, 4) is 0 Å². The number of aryl methyl sites for hydroxylation is 1. The average Bonchev–Trinajstić information content (AvgIpc) is 3.39. The highest BCUT2D eigenvalue weighted by Gasteiger charge is 2.23. The molecule has 9 nitrogen and oxygen atoms in total. The fourth-order valence-corrected chi connectivity index (χ4v) is 5.05. The van der Waals surface area contributed by atoms with E-state index >= 15 is 4.39 Å². The first-order valence-corrected chi connectivity index (χ1v) is 12.7. The van der Waals surface area contributed by atoms with E-state index in [1.165, 1.54) is 0 Å². The zero-order valence-corrected chi connectivity index (χ0v) is 20.9. The predicted octanol–water partition coefficient (Wildman–Crippen LogP) is 2.74. The number of aromatic amines is 1. The lowest BCUT2D eigenvalue weighted by Crippen LogP contribution is -2.46. The molecule has 2 aliphatic rings. The molecular weight excluding hydrogens is 485 g/mol. The van der Waals surface area contributed by atoms with Crippen molar-refractivity contribution in [3.63, 3.8) is 0 Å². The molecule has 5 heterocycles. The van der Waals surface area contributed by atoms with Crippen molar-refractivity contribution in [2.45, 2.75) is 32.7 Å². The van der Waals surface area contributed by atoms with Gasteiger partial charge in [0.05, 0.1) is 11.2 Å². The minimum Gasteiger partial charge on any atom is -0.366 e. The topological polar surface area (TPSA) is 97.5 Å². The summed E-state index contributed by atoms with van der Waals surface area (Å²) < 4.78 is 15.2. The maximum absolute atomic E-state index is 15.2. The first-order chi connectivity index (χ1) is 17.4. The van der Waals surface area contributed by atoms with Crippen LogP contribution in [0.15, 0.2) is 29.2 Å². The van der Waals surface area contributed by atoms with Gasteiger partial charge in [-0.3, -0.25) is 24.9 Å². The van der Waals surface area contributed by atoms with Crippen LogP contribution in [0.1, 0.15) is 41.4 Å². The van der Waals surface area contributed by atoms with E-state index in [1.54, 1.807) is 18.3 Å². The monoisotopic (exact) mass is 513 g/mol. The molecule has 2 saturated heterocycles. The van der Waals surface area contributed by atoms with Gasteiger partial charge in [-0.15, -0.1) is 0 Å². The molecule has 11 heteroatoms. The summed E-state index contributed by atoms with van der Waals surface area (Å²) in [5, 5.41) is 2.19. The SMILES string of the molecule is CCc1cc2ncc(CN3CCN(c4ccc(C(=O)NN5CCCC5)nc4Cl)CC3)c(F)c2[nH]c1=O. The van der Waals surface area contributed by atoms with Crippen LogP contribution in [0, 0.1) is 5.82 Å². The Morgan fingerprint density at radius 1 is 1.14 bits per heavy atom. The van der Waals surface area contributed by atoms with Gasteiger partial charge in [0.1, 0.15) is 11.2 Å². The lowest BCUT2D eigenvalue weighted by atomic mass is 10.1. The molecule has 5 rings (SSSR count). The molecule has 0 spiro atoms. The van der Waals surface area contributed by atoms with Gasteiger partial charge in [-0.2, -0.15) is 0 Å². The van der Waals surface area contributed by atoms with Gasteiger partial charge in [0.2, 0.25) is 0 Å². The van der Waals surface area contributed by atoms with Crippen molar-refractivity contribution in [1.82, 2.24) is 30.3 Å². The first-order valence-electron chi connectivity index (χ1n) is 12.3. The summed E-state index contributed by atoms with van der Waals surface area (Å²) in [6.07, 6.45) is 4.26. The number of hydrogen-bond donors (Lipinski definition) is 2. The Labute approximate surface area is 213 Å². The van der Waals surface area contributed by atoms with E-state index in [0.717, 1.165) is 31.6 Å². The van der Waals surface area contributed by atoms with E-state index in [2.05, 4.69) is 30.2 Å². The number of fused-ring (bicyclic) bond motifs is 1. The summed E-state index contributed by atoms with van der Waals surface area (Å²) in [5.74, 6) is -0.689. The number of aromatic nitrogens is 3. The second-order valence-corrected chi connectivity index (χ2v) is 9.60. The third-order valence-corrected chi connectivity index (χ3v) is 7.15. The number of nitrogens with zero attached hydrogens (tertiary/aromatic N) is 5. The highest BCUT2D eigenvalue weighted by atomic mass is 35.5. The Balaban J connectivity index is 1.22. The van der Waals surface area contributed by atoms with Crippen LogP contribution in [0.3, 0.4) is 0 Å². The highest BCUT2D eigenvalue weighted by molar-refractivity contribution is 6.32. The molecule has 2 N–H and O–H groups in total. The molecule has 2 fully saturated rings. The molecule has 190 valence electrons. The summed E-state index contributed by atoms with van der Waals surface area (Å²) in [6, 6.07) is 5.18. The van der Waals surface area contributed by atoms with Gasteiger partial charge in [0, 0.05) is 63.1 Å². The standard InChI is InChI=1S/C25H29ClFN7O2/c1-2-16-13-19-22(30-24(16)35)21(27)17(14-28-19)15-32-9-11-33(12-10-32)20-6-5-18(29-23(20)26)25(36)31-34-7-3-4-8-34/h5-6,13-14H,2-4,7-12,15H2,1H3,(H,30,35)(H,31,36). The van der Waals surface area contributed by atoms with Crippen molar-refractivity contribution in [2.24, 2.45) is 0 Å². The van der Waals surface area contributed by atoms with Crippen LogP contribution >= 0.6 is 11.6 Å². The van der Waals surface area contributed by atoms with Gasteiger partial charge in [-0.1, -0.05) is 18.5 Å². The minimum absolute atomic E-state index is 0.153. The quantitative estimate of drug-likeness (QED) is 0.489. The normalized spacial score (nSPS) is 17.1. The molecule has 0 saturated carbocycles. The van der Waals surface area contributed by atoms with Gasteiger partial charge < -0.3 is 9.88 Å². The second-order valence-electron chi connectivity index (χ2n) is 9.24. The van der Waals surface area contributed by atoms with Gasteiger partial charge in [-0.05, 0) is 37.5 Å². The van der Waals surface area contributed by atoms with Crippen molar-refractivity contribution in [1.29, 1.82) is 0 Å². The number of H-pyrrole nitrogens is 1. The van der Waals surface area contributed by atoms with E-state index in [9.17, 15) is 9.59 Å². The summed E-state index contributed by atoms with van der Waals surface area (Å²) in [5.41, 5.74) is 5.31. The van der Waals surface area contributed by atoms with Crippen LogP contribution in [0.4, 0.5) is 10.1 Å². The number of pyridine rings is 3. The number of hydrazine groups is 1. The maximum atomic E-state index is 15.2. The summed E-state index contributed by atoms with van der Waals surface area (Å²) in [7, 11) is 0. The average molecular weight is 514 g/mol. The number of hydrogen-bond acceptors (Lipinski definition) is 7. The van der Waals surface area contributed by atoms with E-state index in [4.69, 9.17) is 11.6 Å². The second kappa shape index (κ2) is 10.5. The summed E-state index contributed by atoms with van der Waals surface area (Å²) in [6.45, 7) is 6.70. The minimum atomic E-state index is -0.433. The van der Waals surface area contributed by atoms with Crippen LogP contribution in [0.2, 0.25) is 5.15 Å². The molecule has 0 atom stereocenters. The predicted molar refractivity (Wildman–Crippen MR) is 137 cm³/mol. The Kier molecular flexibility index (Phi) is 7.17. The summed E-state index contributed by atoms with van der Waals surface area (Å²) in [4.78, 5) is 40.2. The van der Waals surface area contributed by atoms with Crippen molar-refractivity contribution in [2.75, 3.05) is 44.2 Å². The molecule has 0 aromatic carbocycles. The number of nitrogens with one attached hydrogen (secondary N) is 2. The summed E-state index contributed by atoms with van der Waals surface area (Å²) >= 11 is 6.45. The smallest absolute Gasteiger partial charge is 0.284 e. The number of rotatable bonds is 6. The van der Waals surface area contributed by atoms with E-state index < -0.39 is 5.82 Å². The molecule has 3 aromatic rings. The van der Waals surface area contributed by atoms with Crippen LogP contribution in [-0.4, -0.2) is 70.0 Å². The van der Waals surface area contributed by atoms with Crippen LogP contribution in [-0.2, 0) is 13.0 Å². The van der Waals surface area contributed by atoms with Gasteiger partial charge in [0.15, 0.2) is 11.0 Å². The van der Waals surface area contributed by atoms with E-state index in [0.29, 0.717) is 55.8 Å². The molecule has 2 aliphatic heterocycles. The maximum Gasteiger partial charge on any atom is 0.284 e. The van der Waals surface area contributed by atoms with E-state index in [-0.39, 0.29) is 27.8 Å². The number of piperazine rings is 1. The lowest BCUT2D eigenvalue weighted by molar-refractivity contribution is 0.0820. The van der Waals surface area contributed by atoms with Crippen LogP contribution in [0.25, 0.3) is 11.0 Å². The third-order valence-electron chi connectivity index (χ3n) is 6.87. The fraction of sp³-hybridized carbons (Fsp3) is 0.440. The Bertz CT molecular complexity index is 1330. The van der Waals surface area contributed by atoms with E-state index in [1.807, 2.05) is 18.0 Å². The number of carbonyl (C=O) groups is 1. The third kappa shape index (κ3) is 5.07. The lowest BCUT2D eigenvalue weighted by Gasteiger charge is -2.36. The number of carbonyl (C=O) groups excluding carboxylic acids is 1. The Morgan fingerprint density at radius 2 is 1.89 bits per heavy atom. The molecule has 36 heavy (non-hydrogen) atoms. The molecule has 3 aromatic heterocycles. The van der Waals surface area contributed by atoms with Crippen molar-refractivity contribution in [3.05, 3.63) is 62.5 Å². The molecule has 1 amide bonds. The Hall–Kier alpha value is -3.08. The fourth-order valence-electron chi connectivity index (χ4n) is 4.77. The molecule has 0 unspecified atom stereocenters. The largest absolute Gasteiger partial charge is 0.366 e. The molecule has 0 aliphatic carbocycles. The van der Waals surface area contributed by atoms with Crippen LogP contribution in [0.5, 0.6) is 0 Å². The molecule has 0 radical (unpaired) electrons. The number of anilines is 1. The van der Waals surface area contributed by atoms with Crippen molar-refractivity contribution < 1.29 is 9.18 Å². The zero-order valence-electron chi connectivity index (χ0n) is 20.2.